The van der Waals surface area contributed by atoms with Gasteiger partial charge in [0.05, 0.1) is 37.7 Å². The van der Waals surface area contributed by atoms with Crippen molar-refractivity contribution in [2.24, 2.45) is 5.16 Å². The van der Waals surface area contributed by atoms with Crippen LogP contribution in [0.1, 0.15) is 45.7 Å². The lowest BCUT2D eigenvalue weighted by molar-refractivity contribution is -0.128. The lowest BCUT2D eigenvalue weighted by atomic mass is 10.0. The topological polar surface area (TPSA) is 83.8 Å². The number of hydrogen-bond donors (Lipinski definition) is 1. The van der Waals surface area contributed by atoms with Gasteiger partial charge in [0.1, 0.15) is 0 Å². The average Bonchev–Trinajstić information content (AvgIpc) is 3.04. The van der Waals surface area contributed by atoms with E-state index in [1.807, 2.05) is 50.2 Å². The quantitative estimate of drug-likeness (QED) is 0.165. The van der Waals surface area contributed by atoms with Crippen LogP contribution in [0.15, 0.2) is 71.9 Å². The summed E-state index contributed by atoms with van der Waals surface area (Å²) in [6.45, 7) is 11.9. The third kappa shape index (κ3) is 6.60. The predicted octanol–water partition coefficient (Wildman–Crippen LogP) is 4.69. The molecule has 246 valence electrons. The molecular weight excluding hydrogens is 608 g/mol. The van der Waals surface area contributed by atoms with Crippen LogP contribution in [0.5, 0.6) is 0 Å². The number of morpholine rings is 2. The number of anilines is 1. The van der Waals surface area contributed by atoms with Gasteiger partial charge in [0.15, 0.2) is 17.3 Å². The molecule has 2 saturated heterocycles. The fraction of sp³-hybridized carbons (Fsp3) is 0.429. The molecule has 2 aliphatic rings. The molecule has 0 saturated carbocycles. The van der Waals surface area contributed by atoms with Gasteiger partial charge in [-0.2, -0.15) is 0 Å². The molecule has 0 unspecified atom stereocenters. The molecule has 2 fully saturated rings. The van der Waals surface area contributed by atoms with Crippen LogP contribution >= 0.6 is 0 Å². The first kappa shape index (κ1) is 33.7. The van der Waals surface area contributed by atoms with E-state index >= 15 is 8.78 Å². The van der Waals surface area contributed by atoms with Gasteiger partial charge in [0.25, 0.3) is 14.2 Å². The third-order valence-corrected chi connectivity index (χ3v) is 13.7. The van der Waals surface area contributed by atoms with E-state index in [2.05, 4.69) is 50.2 Å². The van der Waals surface area contributed by atoms with E-state index in [4.69, 9.17) is 13.9 Å². The second-order valence-electron chi connectivity index (χ2n) is 13.0. The number of carbonyl (C=O) groups excluding carboxylic acids is 1. The molecule has 46 heavy (non-hydrogen) atoms. The Bertz CT molecular complexity index is 1500. The lowest BCUT2D eigenvalue weighted by Crippen LogP contribution is -2.66. The predicted molar refractivity (Wildman–Crippen MR) is 177 cm³/mol. The summed E-state index contributed by atoms with van der Waals surface area (Å²) in [6.07, 6.45) is -0.456. The van der Waals surface area contributed by atoms with Gasteiger partial charge in [-0.1, -0.05) is 86.6 Å². The summed E-state index contributed by atoms with van der Waals surface area (Å²) in [4.78, 5) is 16.6. The molecule has 11 heteroatoms. The maximum Gasteiger partial charge on any atom is 0.276 e. The van der Waals surface area contributed by atoms with Crippen molar-refractivity contribution in [2.45, 2.75) is 58.5 Å². The molecule has 2 heterocycles. The van der Waals surface area contributed by atoms with E-state index in [1.54, 1.807) is 4.90 Å². The van der Waals surface area contributed by atoms with E-state index in [0.717, 1.165) is 10.4 Å². The third-order valence-electron chi connectivity index (χ3n) is 8.71. The second kappa shape index (κ2) is 14.0. The Labute approximate surface area is 270 Å². The number of carbonyl (C=O) groups is 1. The summed E-state index contributed by atoms with van der Waals surface area (Å²) in [5.74, 6) is -3.09. The number of oxime groups is 1. The van der Waals surface area contributed by atoms with E-state index in [1.165, 1.54) is 11.0 Å². The van der Waals surface area contributed by atoms with Crippen LogP contribution in [0.3, 0.4) is 0 Å². The highest BCUT2D eigenvalue weighted by molar-refractivity contribution is 6.99. The molecular formula is C35H43F2N3O5Si. The first-order valence-electron chi connectivity index (χ1n) is 15.7. The fourth-order valence-corrected chi connectivity index (χ4v) is 11.3. The second-order valence-corrected chi connectivity index (χ2v) is 17.3. The van der Waals surface area contributed by atoms with Crippen LogP contribution in [-0.2, 0) is 25.3 Å². The van der Waals surface area contributed by atoms with E-state index < -0.39 is 37.1 Å². The van der Waals surface area contributed by atoms with Crippen LogP contribution in [0.2, 0.25) is 5.04 Å². The Balaban J connectivity index is 1.67. The highest BCUT2D eigenvalue weighted by Gasteiger charge is 2.50. The normalized spacial score (nSPS) is 19.8. The van der Waals surface area contributed by atoms with Crippen molar-refractivity contribution in [1.29, 1.82) is 0 Å². The van der Waals surface area contributed by atoms with Gasteiger partial charge in [-0.15, -0.1) is 0 Å². The Morgan fingerprint density at radius 3 is 2.00 bits per heavy atom. The van der Waals surface area contributed by atoms with Gasteiger partial charge in [-0.3, -0.25) is 4.79 Å². The number of amides is 1. The number of nitrogens with zero attached hydrogens (tertiary/aromatic N) is 3. The molecule has 1 amide bonds. The zero-order valence-corrected chi connectivity index (χ0v) is 28.1. The molecule has 0 aromatic heterocycles. The Morgan fingerprint density at radius 2 is 1.50 bits per heavy atom. The molecule has 5 rings (SSSR count). The number of rotatable bonds is 8. The van der Waals surface area contributed by atoms with Gasteiger partial charge in [0, 0.05) is 37.3 Å². The molecule has 0 spiro atoms. The zero-order valence-electron chi connectivity index (χ0n) is 27.1. The maximum absolute atomic E-state index is 16.5. The lowest BCUT2D eigenvalue weighted by Gasteiger charge is -2.43. The Kier molecular flexibility index (Phi) is 10.3. The van der Waals surface area contributed by atoms with Gasteiger partial charge < -0.3 is 28.9 Å². The van der Waals surface area contributed by atoms with Crippen LogP contribution in [0.25, 0.3) is 0 Å². The van der Waals surface area contributed by atoms with Gasteiger partial charge in [0.2, 0.25) is 0 Å². The highest BCUT2D eigenvalue weighted by Crippen LogP contribution is 2.39. The summed E-state index contributed by atoms with van der Waals surface area (Å²) in [5, 5.41) is 14.9. The van der Waals surface area contributed by atoms with Crippen LogP contribution in [0, 0.1) is 11.6 Å². The number of benzene rings is 3. The summed E-state index contributed by atoms with van der Waals surface area (Å²) in [6, 6.07) is 21.5. The highest BCUT2D eigenvalue weighted by atomic mass is 28.4. The van der Waals surface area contributed by atoms with Crippen molar-refractivity contribution in [2.75, 3.05) is 44.3 Å². The van der Waals surface area contributed by atoms with Crippen LogP contribution in [-0.4, -0.2) is 81.6 Å². The fourth-order valence-electron chi connectivity index (χ4n) is 6.73. The van der Waals surface area contributed by atoms with Crippen molar-refractivity contribution in [1.82, 2.24) is 4.90 Å². The summed E-state index contributed by atoms with van der Waals surface area (Å²) in [5.41, 5.74) is -0.590. The SMILES string of the molecule is C[C@@H]1CN(c2c(CO[Si](c3ccccc3)(c3ccccc3)C(C)(C)C)cc(/C(=N/O)C(=O)N3CCOCC3)c(F)c2F)C[C@H](C)O1. The number of hydrogen-bond acceptors (Lipinski definition) is 7. The van der Waals surface area contributed by atoms with Crippen molar-refractivity contribution in [3.05, 3.63) is 89.5 Å². The summed E-state index contributed by atoms with van der Waals surface area (Å²) >= 11 is 0. The largest absolute Gasteiger partial charge is 0.410 e. The zero-order chi connectivity index (χ0) is 33.1. The molecule has 0 radical (unpaired) electrons. The molecule has 0 aliphatic carbocycles. The molecule has 2 aliphatic heterocycles. The van der Waals surface area contributed by atoms with Crippen LogP contribution in [0.4, 0.5) is 14.5 Å². The maximum atomic E-state index is 16.5. The standard InChI is InChI=1S/C35H43F2N3O5Si/c1-24-21-40(22-25(2)45-24)33-26(20-29(30(36)31(33)37)32(38-42)34(41)39-16-18-43-19-17-39)23-44-46(35(3,4)5,27-12-8-6-9-13-27)28-14-10-7-11-15-28/h6-15,20,24-25,42H,16-19,21-23H2,1-5H3/b38-32-/t24-,25+. The minimum atomic E-state index is -3.09. The average molecular weight is 652 g/mol. The summed E-state index contributed by atoms with van der Waals surface area (Å²) in [7, 11) is -3.09. The first-order chi connectivity index (χ1) is 22.0. The minimum Gasteiger partial charge on any atom is -0.410 e. The van der Waals surface area contributed by atoms with Gasteiger partial charge >= 0.3 is 0 Å². The molecule has 2 atom stereocenters. The van der Waals surface area contributed by atoms with Gasteiger partial charge in [-0.05, 0) is 35.3 Å². The summed E-state index contributed by atoms with van der Waals surface area (Å²) < 4.78 is 51.0. The Morgan fingerprint density at radius 1 is 0.957 bits per heavy atom. The van der Waals surface area contributed by atoms with E-state index in [0.29, 0.717) is 31.9 Å². The monoisotopic (exact) mass is 651 g/mol. The number of ether oxygens (including phenoxy) is 2. The van der Waals surface area contributed by atoms with Crippen LogP contribution < -0.4 is 15.3 Å². The minimum absolute atomic E-state index is 0.0530. The molecule has 1 N–H and O–H groups in total. The van der Waals surface area contributed by atoms with Crippen molar-refractivity contribution < 1.29 is 32.7 Å². The van der Waals surface area contributed by atoms with Gasteiger partial charge in [-0.25, -0.2) is 8.78 Å². The molecule has 3 aromatic rings. The van der Waals surface area contributed by atoms with E-state index in [9.17, 15) is 10.0 Å². The van der Waals surface area contributed by atoms with Crippen molar-refractivity contribution >= 4 is 36.0 Å². The Hall–Kier alpha value is -3.64. The van der Waals surface area contributed by atoms with Crippen molar-refractivity contribution in [3.63, 3.8) is 0 Å². The molecule has 0 bridgehead atoms. The van der Waals surface area contributed by atoms with E-state index in [-0.39, 0.29) is 42.6 Å². The molecule has 8 nitrogen and oxygen atoms in total. The van der Waals surface area contributed by atoms with Crippen molar-refractivity contribution in [3.8, 4) is 0 Å². The number of halogens is 2. The smallest absolute Gasteiger partial charge is 0.276 e. The molecule has 3 aromatic carbocycles. The first-order valence-corrected chi connectivity index (χ1v) is 17.6.